The zero-order valence-electron chi connectivity index (χ0n) is 20.6. The topological polar surface area (TPSA) is 104 Å². The molecule has 3 N–H and O–H groups in total. The number of nitrogens with zero attached hydrogens (tertiary/aromatic N) is 4. The van der Waals surface area contributed by atoms with Crippen molar-refractivity contribution in [3.05, 3.63) is 84.6 Å². The Labute approximate surface area is 215 Å². The second kappa shape index (κ2) is 10.5. The van der Waals surface area contributed by atoms with Crippen LogP contribution in [0.1, 0.15) is 12.5 Å². The molecule has 1 aromatic heterocycles. The van der Waals surface area contributed by atoms with Crippen LogP contribution in [-0.4, -0.2) is 52.9 Å². The number of amides is 2. The summed E-state index contributed by atoms with van der Waals surface area (Å²) in [6.45, 7) is 4.74. The lowest BCUT2D eigenvalue weighted by molar-refractivity contribution is -0.129. The molecule has 1 aliphatic rings. The molecule has 4 aromatic rings. The van der Waals surface area contributed by atoms with Gasteiger partial charge in [-0.15, -0.1) is 0 Å². The van der Waals surface area contributed by atoms with E-state index in [4.69, 9.17) is 10.7 Å². The predicted octanol–water partition coefficient (Wildman–Crippen LogP) is 4.21. The lowest BCUT2D eigenvalue weighted by Gasteiger charge is -2.35. The quantitative estimate of drug-likeness (QED) is 0.391. The number of nitrogens with one attached hydrogen (secondary N) is 1. The highest BCUT2D eigenvalue weighted by Gasteiger charge is 2.18. The number of carbonyl (C=O) groups is 2. The third-order valence-corrected chi connectivity index (χ3v) is 6.50. The first-order valence-corrected chi connectivity index (χ1v) is 12.2. The molecule has 0 saturated carbocycles. The van der Waals surface area contributed by atoms with E-state index >= 15 is 0 Å². The molecule has 186 valence electrons. The summed E-state index contributed by atoms with van der Waals surface area (Å²) in [5.74, 6) is 0.127. The Morgan fingerprint density at radius 1 is 0.919 bits per heavy atom. The SMILES string of the molecule is CC(=O)N1CCN(c2ccc(Nc3ncc4cccc(-c5ccccc5C=CC(N)=O)c4n3)cc2)CC1. The van der Waals surface area contributed by atoms with Gasteiger partial charge in [0.1, 0.15) is 0 Å². The third kappa shape index (κ3) is 5.43. The molecule has 0 radical (unpaired) electrons. The van der Waals surface area contributed by atoms with Crippen molar-refractivity contribution >= 4 is 46.1 Å². The number of anilines is 3. The van der Waals surface area contributed by atoms with Crippen LogP contribution in [0.25, 0.3) is 28.1 Å². The third-order valence-electron chi connectivity index (χ3n) is 6.50. The fourth-order valence-corrected chi connectivity index (χ4v) is 4.56. The van der Waals surface area contributed by atoms with Gasteiger partial charge >= 0.3 is 0 Å². The zero-order valence-corrected chi connectivity index (χ0v) is 20.6. The van der Waals surface area contributed by atoms with Crippen LogP contribution in [-0.2, 0) is 9.59 Å². The normalized spacial score (nSPS) is 13.8. The van der Waals surface area contributed by atoms with E-state index in [-0.39, 0.29) is 5.91 Å². The molecule has 5 rings (SSSR count). The van der Waals surface area contributed by atoms with Crippen LogP contribution in [0.2, 0.25) is 0 Å². The largest absolute Gasteiger partial charge is 0.368 e. The maximum atomic E-state index is 11.6. The monoisotopic (exact) mass is 492 g/mol. The summed E-state index contributed by atoms with van der Waals surface area (Å²) in [5, 5.41) is 4.23. The van der Waals surface area contributed by atoms with Gasteiger partial charge in [-0.2, -0.15) is 0 Å². The number of piperazine rings is 1. The van der Waals surface area contributed by atoms with E-state index < -0.39 is 5.91 Å². The summed E-state index contributed by atoms with van der Waals surface area (Å²) < 4.78 is 0. The highest BCUT2D eigenvalue weighted by molar-refractivity contribution is 5.97. The maximum absolute atomic E-state index is 11.6. The summed E-state index contributed by atoms with van der Waals surface area (Å²) >= 11 is 0. The van der Waals surface area contributed by atoms with E-state index in [0.717, 1.165) is 65.1 Å². The maximum Gasteiger partial charge on any atom is 0.241 e. The average Bonchev–Trinajstić information content (AvgIpc) is 2.92. The molecule has 1 aliphatic heterocycles. The van der Waals surface area contributed by atoms with E-state index in [2.05, 4.69) is 27.3 Å². The van der Waals surface area contributed by atoms with Crippen molar-refractivity contribution in [1.29, 1.82) is 0 Å². The van der Waals surface area contributed by atoms with Crippen LogP contribution in [0, 0.1) is 0 Å². The summed E-state index contributed by atoms with van der Waals surface area (Å²) in [6, 6.07) is 21.9. The second-order valence-corrected chi connectivity index (χ2v) is 8.92. The molecule has 0 unspecified atom stereocenters. The smallest absolute Gasteiger partial charge is 0.241 e. The molecule has 1 fully saturated rings. The minimum Gasteiger partial charge on any atom is -0.368 e. The number of carbonyl (C=O) groups excluding carboxylic acids is 2. The molecule has 0 bridgehead atoms. The van der Waals surface area contributed by atoms with Gasteiger partial charge in [0.25, 0.3) is 0 Å². The minimum atomic E-state index is -0.495. The van der Waals surface area contributed by atoms with Gasteiger partial charge in [-0.3, -0.25) is 9.59 Å². The van der Waals surface area contributed by atoms with Crippen molar-refractivity contribution < 1.29 is 9.59 Å². The molecule has 8 nitrogen and oxygen atoms in total. The van der Waals surface area contributed by atoms with Gasteiger partial charge in [0, 0.05) is 67.7 Å². The van der Waals surface area contributed by atoms with Gasteiger partial charge in [-0.05, 0) is 41.5 Å². The Morgan fingerprint density at radius 2 is 1.65 bits per heavy atom. The number of fused-ring (bicyclic) bond motifs is 1. The highest BCUT2D eigenvalue weighted by atomic mass is 16.2. The molecule has 8 heteroatoms. The number of benzene rings is 3. The first kappa shape index (κ1) is 24.0. The molecular weight excluding hydrogens is 464 g/mol. The Kier molecular flexibility index (Phi) is 6.81. The molecule has 37 heavy (non-hydrogen) atoms. The number of hydrogen-bond acceptors (Lipinski definition) is 6. The summed E-state index contributed by atoms with van der Waals surface area (Å²) in [5.41, 5.74) is 10.9. The summed E-state index contributed by atoms with van der Waals surface area (Å²) in [4.78, 5) is 36.4. The number of nitrogens with two attached hydrogens (primary N) is 1. The van der Waals surface area contributed by atoms with Crippen molar-refractivity contribution in [2.24, 2.45) is 5.73 Å². The van der Waals surface area contributed by atoms with Crippen LogP contribution in [0.5, 0.6) is 0 Å². The van der Waals surface area contributed by atoms with Gasteiger partial charge in [0.15, 0.2) is 0 Å². The number of para-hydroxylation sites is 1. The Morgan fingerprint density at radius 3 is 2.38 bits per heavy atom. The number of hydrogen-bond donors (Lipinski definition) is 2. The first-order valence-electron chi connectivity index (χ1n) is 12.2. The van der Waals surface area contributed by atoms with Crippen LogP contribution < -0.4 is 16.0 Å². The van der Waals surface area contributed by atoms with Crippen molar-refractivity contribution in [3.8, 4) is 11.1 Å². The molecule has 0 spiro atoms. The number of primary amides is 1. The molecule has 2 heterocycles. The van der Waals surface area contributed by atoms with Crippen LogP contribution in [0.4, 0.5) is 17.3 Å². The average molecular weight is 493 g/mol. The number of aromatic nitrogens is 2. The van der Waals surface area contributed by atoms with Crippen LogP contribution >= 0.6 is 0 Å². The van der Waals surface area contributed by atoms with Gasteiger partial charge in [-0.25, -0.2) is 9.97 Å². The molecule has 2 amide bonds. The van der Waals surface area contributed by atoms with E-state index in [1.54, 1.807) is 19.2 Å². The Hall–Kier alpha value is -4.72. The fraction of sp³-hybridized carbons (Fsp3) is 0.172. The molecule has 1 saturated heterocycles. The van der Waals surface area contributed by atoms with E-state index in [1.807, 2.05) is 59.5 Å². The van der Waals surface area contributed by atoms with Crippen molar-refractivity contribution in [1.82, 2.24) is 14.9 Å². The lowest BCUT2D eigenvalue weighted by Crippen LogP contribution is -2.48. The predicted molar refractivity (Wildman–Crippen MR) is 147 cm³/mol. The van der Waals surface area contributed by atoms with Gasteiger partial charge in [0.05, 0.1) is 5.52 Å². The van der Waals surface area contributed by atoms with Gasteiger partial charge < -0.3 is 20.9 Å². The highest BCUT2D eigenvalue weighted by Crippen LogP contribution is 2.31. The Balaban J connectivity index is 1.38. The van der Waals surface area contributed by atoms with Crippen molar-refractivity contribution in [2.75, 3.05) is 36.4 Å². The van der Waals surface area contributed by atoms with Gasteiger partial charge in [-0.1, -0.05) is 42.5 Å². The minimum absolute atomic E-state index is 0.128. The second-order valence-electron chi connectivity index (χ2n) is 8.92. The zero-order chi connectivity index (χ0) is 25.8. The van der Waals surface area contributed by atoms with Crippen LogP contribution in [0.15, 0.2) is 79.0 Å². The fourth-order valence-electron chi connectivity index (χ4n) is 4.56. The summed E-state index contributed by atoms with van der Waals surface area (Å²) in [7, 11) is 0. The van der Waals surface area contributed by atoms with Crippen molar-refractivity contribution in [3.63, 3.8) is 0 Å². The van der Waals surface area contributed by atoms with Gasteiger partial charge in [0.2, 0.25) is 17.8 Å². The van der Waals surface area contributed by atoms with E-state index in [9.17, 15) is 9.59 Å². The Bertz CT molecular complexity index is 1470. The number of rotatable bonds is 6. The lowest BCUT2D eigenvalue weighted by atomic mass is 9.97. The molecule has 0 aliphatic carbocycles. The molecule has 0 atom stereocenters. The molecule has 3 aromatic carbocycles. The van der Waals surface area contributed by atoms with E-state index in [1.165, 1.54) is 6.08 Å². The first-order chi connectivity index (χ1) is 18.0. The van der Waals surface area contributed by atoms with E-state index in [0.29, 0.717) is 5.95 Å². The molecular formula is C29H28N6O2. The van der Waals surface area contributed by atoms with Crippen LogP contribution in [0.3, 0.4) is 0 Å². The van der Waals surface area contributed by atoms with Crippen molar-refractivity contribution in [2.45, 2.75) is 6.92 Å². The standard InChI is InChI=1S/C29H28N6O2/c1-20(36)34-15-17-35(18-16-34)24-12-10-23(11-13-24)32-29-31-19-22-6-4-8-26(28(22)33-29)25-7-3-2-5-21(25)9-14-27(30)37/h2-14,19H,15-18H2,1H3,(H2,30,37)(H,31,32,33). The summed E-state index contributed by atoms with van der Waals surface area (Å²) in [6.07, 6.45) is 4.89.